The molecule has 0 aliphatic heterocycles. The number of phosphoric acid groups is 1. The zero-order valence-electron chi connectivity index (χ0n) is 35.9. The lowest BCUT2D eigenvalue weighted by Crippen LogP contribution is -2.46. The van der Waals surface area contributed by atoms with Crippen molar-refractivity contribution < 1.29 is 32.9 Å². The van der Waals surface area contributed by atoms with Gasteiger partial charge in [0.2, 0.25) is 5.91 Å². The van der Waals surface area contributed by atoms with Gasteiger partial charge in [-0.15, -0.1) is 0 Å². The van der Waals surface area contributed by atoms with Gasteiger partial charge in [-0.05, 0) is 51.4 Å². The lowest BCUT2D eigenvalue weighted by Gasteiger charge is -2.26. The maximum atomic E-state index is 12.8. The SMILES string of the molecule is CC/C=C\C/C=C\C/C=C\C/C=C\C/C=C\C/C=C\CCC(=O)NC(COP(=O)(O)OCC[N+](C)(C)C)C(O)CCCCCCCCCCCCCCCC. The zero-order chi connectivity index (χ0) is 40.7. The minimum absolute atomic E-state index is 0.0574. The second-order valence-corrected chi connectivity index (χ2v) is 17.1. The Morgan fingerprint density at radius 2 is 1.05 bits per heavy atom. The normalized spacial score (nSPS) is 15.1. The first-order valence-corrected chi connectivity index (χ1v) is 23.3. The van der Waals surface area contributed by atoms with Gasteiger partial charge in [0.25, 0.3) is 0 Å². The van der Waals surface area contributed by atoms with Gasteiger partial charge in [-0.25, -0.2) is 4.57 Å². The minimum atomic E-state index is -4.34. The van der Waals surface area contributed by atoms with Crippen LogP contribution >= 0.6 is 7.82 Å². The molecule has 3 unspecified atom stereocenters. The van der Waals surface area contributed by atoms with Gasteiger partial charge in [0.05, 0.1) is 39.9 Å². The molecule has 0 radical (unpaired) electrons. The monoisotopic (exact) mass is 792 g/mol. The Balaban J connectivity index is 4.54. The number of carbonyl (C=O) groups excluding carboxylic acids is 1. The molecule has 0 fully saturated rings. The molecule has 0 rings (SSSR count). The number of nitrogens with zero attached hydrogens (tertiary/aromatic N) is 1. The fourth-order valence-corrected chi connectivity index (χ4v) is 6.51. The van der Waals surface area contributed by atoms with Gasteiger partial charge in [0, 0.05) is 6.42 Å². The molecule has 0 spiro atoms. The minimum Gasteiger partial charge on any atom is -0.391 e. The molecule has 0 aromatic heterocycles. The molecule has 0 aromatic rings. The van der Waals surface area contributed by atoms with Crippen LogP contribution in [0.15, 0.2) is 72.9 Å². The van der Waals surface area contributed by atoms with Gasteiger partial charge >= 0.3 is 7.82 Å². The number of aliphatic hydroxyl groups is 1. The van der Waals surface area contributed by atoms with E-state index in [-0.39, 0.29) is 25.5 Å². The third kappa shape index (κ3) is 40.0. The molecule has 0 saturated carbocycles. The molecule has 0 aliphatic rings. The van der Waals surface area contributed by atoms with E-state index < -0.39 is 20.0 Å². The van der Waals surface area contributed by atoms with E-state index in [0.717, 1.165) is 57.8 Å². The summed E-state index contributed by atoms with van der Waals surface area (Å²) in [6, 6.07) is -0.803. The molecule has 0 aromatic carbocycles. The van der Waals surface area contributed by atoms with Crippen molar-refractivity contribution in [2.75, 3.05) is 40.9 Å². The molecule has 1 amide bonds. The van der Waals surface area contributed by atoms with E-state index in [9.17, 15) is 19.4 Å². The number of hydrogen-bond donors (Lipinski definition) is 3. The molecule has 0 bridgehead atoms. The van der Waals surface area contributed by atoms with E-state index in [2.05, 4.69) is 79.9 Å². The van der Waals surface area contributed by atoms with E-state index in [1.807, 2.05) is 33.3 Å². The van der Waals surface area contributed by atoms with Gasteiger partial charge < -0.3 is 19.8 Å². The van der Waals surface area contributed by atoms with Gasteiger partial charge in [-0.2, -0.15) is 0 Å². The lowest BCUT2D eigenvalue weighted by molar-refractivity contribution is -0.870. The van der Waals surface area contributed by atoms with Crippen molar-refractivity contribution >= 4 is 13.7 Å². The number of unbranched alkanes of at least 4 members (excludes halogenated alkanes) is 13. The van der Waals surface area contributed by atoms with Crippen molar-refractivity contribution in [1.82, 2.24) is 5.32 Å². The molecule has 318 valence electrons. The number of quaternary nitrogens is 1. The average Bonchev–Trinajstić information content (AvgIpc) is 3.13. The van der Waals surface area contributed by atoms with Crippen LogP contribution in [0, 0.1) is 0 Å². The standard InChI is InChI=1S/C46H83N2O6P/c1-6-8-10-12-14-16-18-20-22-23-24-25-26-28-30-32-34-36-38-40-46(50)47-44(43-54-55(51,52)53-42-41-48(3,4)5)45(49)39-37-35-33-31-29-27-21-19-17-15-13-11-9-7-2/h8,10,14,16,20,22,24-25,28,30,34,36,44-45,49H,6-7,9,11-13,15,17-19,21,23,26-27,29,31-33,35,37-43H2,1-5H3,(H-,47,50,51,52)/p+1/b10-8-,16-14-,22-20-,25-24-,30-28-,36-34-. The van der Waals surface area contributed by atoms with Gasteiger partial charge in [-0.3, -0.25) is 13.8 Å². The smallest absolute Gasteiger partial charge is 0.391 e. The van der Waals surface area contributed by atoms with Crippen LogP contribution in [0.3, 0.4) is 0 Å². The lowest BCUT2D eigenvalue weighted by atomic mass is 10.0. The van der Waals surface area contributed by atoms with E-state index in [1.54, 1.807) is 0 Å². The van der Waals surface area contributed by atoms with Crippen molar-refractivity contribution in [2.45, 2.75) is 174 Å². The number of amides is 1. The second kappa shape index (κ2) is 37.5. The van der Waals surface area contributed by atoms with E-state index in [4.69, 9.17) is 9.05 Å². The first kappa shape index (κ1) is 52.9. The average molecular weight is 792 g/mol. The van der Waals surface area contributed by atoms with Crippen molar-refractivity contribution in [1.29, 1.82) is 0 Å². The molecule has 3 atom stereocenters. The fraction of sp³-hybridized carbons (Fsp3) is 0.717. The summed E-state index contributed by atoms with van der Waals surface area (Å²) < 4.78 is 23.6. The van der Waals surface area contributed by atoms with Crippen LogP contribution in [-0.4, -0.2) is 73.4 Å². The summed E-state index contributed by atoms with van der Waals surface area (Å²) in [4.78, 5) is 23.1. The molecule has 9 heteroatoms. The Labute approximate surface area is 338 Å². The Kier molecular flexibility index (Phi) is 36.1. The molecule has 0 aliphatic carbocycles. The van der Waals surface area contributed by atoms with Crippen molar-refractivity contribution in [3.63, 3.8) is 0 Å². The Morgan fingerprint density at radius 1 is 0.636 bits per heavy atom. The van der Waals surface area contributed by atoms with Crippen LogP contribution in [-0.2, 0) is 18.4 Å². The maximum Gasteiger partial charge on any atom is 0.472 e. The third-order valence-corrected chi connectivity index (χ3v) is 10.2. The van der Waals surface area contributed by atoms with Gasteiger partial charge in [0.1, 0.15) is 13.2 Å². The summed E-state index contributed by atoms with van der Waals surface area (Å²) >= 11 is 0. The highest BCUT2D eigenvalue weighted by molar-refractivity contribution is 7.47. The number of phosphoric ester groups is 1. The van der Waals surface area contributed by atoms with Crippen molar-refractivity contribution in [2.24, 2.45) is 0 Å². The summed E-state index contributed by atoms with van der Waals surface area (Å²) in [6.07, 6.45) is 49.4. The van der Waals surface area contributed by atoms with Crippen LogP contribution in [0.5, 0.6) is 0 Å². The Bertz CT molecular complexity index is 1120. The van der Waals surface area contributed by atoms with Gasteiger partial charge in [0.15, 0.2) is 0 Å². The van der Waals surface area contributed by atoms with E-state index in [0.29, 0.717) is 23.9 Å². The Hall–Kier alpha value is -2.06. The summed E-state index contributed by atoms with van der Waals surface area (Å²) in [7, 11) is 1.56. The highest BCUT2D eigenvalue weighted by Crippen LogP contribution is 2.43. The first-order chi connectivity index (χ1) is 26.5. The van der Waals surface area contributed by atoms with Crippen LogP contribution in [0.25, 0.3) is 0 Å². The van der Waals surface area contributed by atoms with Gasteiger partial charge in [-0.1, -0.05) is 177 Å². The number of carbonyl (C=O) groups is 1. The fourth-order valence-electron chi connectivity index (χ4n) is 5.77. The summed E-state index contributed by atoms with van der Waals surface area (Å²) in [6.45, 7) is 4.69. The van der Waals surface area contributed by atoms with E-state index in [1.165, 1.54) is 70.6 Å². The van der Waals surface area contributed by atoms with Crippen LogP contribution in [0.4, 0.5) is 0 Å². The molecule has 8 nitrogen and oxygen atoms in total. The molecule has 0 heterocycles. The van der Waals surface area contributed by atoms with E-state index >= 15 is 0 Å². The number of likely N-dealkylation sites (N-methyl/N-ethyl adjacent to an activating group) is 1. The number of hydrogen-bond acceptors (Lipinski definition) is 5. The molecular formula is C46H84N2O6P+. The predicted octanol–water partition coefficient (Wildman–Crippen LogP) is 12.0. The number of rotatable bonds is 38. The number of allylic oxidation sites excluding steroid dienone is 12. The number of aliphatic hydroxyl groups excluding tert-OH is 1. The maximum absolute atomic E-state index is 12.8. The summed E-state index contributed by atoms with van der Waals surface area (Å²) in [5.74, 6) is -0.230. The summed E-state index contributed by atoms with van der Waals surface area (Å²) in [5, 5.41) is 13.9. The quantitative estimate of drug-likeness (QED) is 0.0249. The first-order valence-electron chi connectivity index (χ1n) is 21.8. The van der Waals surface area contributed by atoms with Crippen LogP contribution < -0.4 is 5.32 Å². The largest absolute Gasteiger partial charge is 0.472 e. The molecular weight excluding hydrogens is 707 g/mol. The Morgan fingerprint density at radius 3 is 1.49 bits per heavy atom. The topological polar surface area (TPSA) is 105 Å². The second-order valence-electron chi connectivity index (χ2n) is 15.7. The molecule has 3 N–H and O–H groups in total. The molecule has 0 saturated heterocycles. The molecule has 55 heavy (non-hydrogen) atoms. The highest BCUT2D eigenvalue weighted by atomic mass is 31.2. The summed E-state index contributed by atoms with van der Waals surface area (Å²) in [5.41, 5.74) is 0. The van der Waals surface area contributed by atoms with Crippen LogP contribution in [0.2, 0.25) is 0 Å². The third-order valence-electron chi connectivity index (χ3n) is 9.23. The van der Waals surface area contributed by atoms with Crippen LogP contribution in [0.1, 0.15) is 162 Å². The predicted molar refractivity (Wildman–Crippen MR) is 235 cm³/mol. The van der Waals surface area contributed by atoms with Crippen molar-refractivity contribution in [3.8, 4) is 0 Å². The van der Waals surface area contributed by atoms with Crippen molar-refractivity contribution in [3.05, 3.63) is 72.9 Å². The zero-order valence-corrected chi connectivity index (χ0v) is 36.8. The highest BCUT2D eigenvalue weighted by Gasteiger charge is 2.28. The number of nitrogens with one attached hydrogen (secondary N) is 1.